The van der Waals surface area contributed by atoms with Crippen molar-refractivity contribution in [1.82, 2.24) is 0 Å². The van der Waals surface area contributed by atoms with Crippen molar-refractivity contribution in [1.29, 1.82) is 0 Å². The summed E-state index contributed by atoms with van der Waals surface area (Å²) in [5.74, 6) is -0.492. The van der Waals surface area contributed by atoms with E-state index in [-0.39, 0.29) is 28.8 Å². The van der Waals surface area contributed by atoms with Crippen LogP contribution in [-0.4, -0.2) is 23.9 Å². The third-order valence-electron chi connectivity index (χ3n) is 5.67. The topological polar surface area (TPSA) is 105 Å². The van der Waals surface area contributed by atoms with Crippen LogP contribution in [-0.2, 0) is 9.59 Å². The van der Waals surface area contributed by atoms with E-state index >= 15 is 0 Å². The first-order valence-corrected chi connectivity index (χ1v) is 13.0. The summed E-state index contributed by atoms with van der Waals surface area (Å²) in [6, 6.07) is 16.9. The minimum absolute atomic E-state index is 0.279. The molecule has 204 valence electrons. The summed E-state index contributed by atoms with van der Waals surface area (Å²) in [5, 5.41) is 0. The first-order valence-electron chi connectivity index (χ1n) is 13.0. The molecule has 0 aromatic heterocycles. The standard InChI is InChI=1S/C31H32O8/c1-4-6-8-28(32)36-24-14-10-22(11-15-24)30(34)38-26-18-19-27(21(3)20-26)39-31(35)23-12-16-25(17-13-23)37-29(33)9-7-5-2/h10-20H,4-9H2,1-3H3. The molecule has 0 saturated carbocycles. The monoisotopic (exact) mass is 532 g/mol. The molecule has 0 N–H and O–H groups in total. The van der Waals surface area contributed by atoms with Gasteiger partial charge in [-0.1, -0.05) is 26.7 Å². The number of ether oxygens (including phenoxy) is 4. The van der Waals surface area contributed by atoms with Gasteiger partial charge in [0.2, 0.25) is 0 Å². The number of aryl methyl sites for hydroxylation is 1. The Hall–Kier alpha value is -4.46. The van der Waals surface area contributed by atoms with Crippen LogP contribution in [0, 0.1) is 6.92 Å². The van der Waals surface area contributed by atoms with E-state index in [1.807, 2.05) is 13.8 Å². The highest BCUT2D eigenvalue weighted by Gasteiger charge is 2.14. The summed E-state index contributed by atoms with van der Waals surface area (Å²) in [4.78, 5) is 48.6. The van der Waals surface area contributed by atoms with Crippen molar-refractivity contribution in [3.05, 3.63) is 83.4 Å². The Balaban J connectivity index is 1.55. The van der Waals surface area contributed by atoms with Crippen molar-refractivity contribution >= 4 is 23.9 Å². The van der Waals surface area contributed by atoms with Crippen molar-refractivity contribution in [2.24, 2.45) is 0 Å². The lowest BCUT2D eigenvalue weighted by atomic mass is 10.2. The molecule has 39 heavy (non-hydrogen) atoms. The smallest absolute Gasteiger partial charge is 0.343 e. The second-order valence-electron chi connectivity index (χ2n) is 8.91. The van der Waals surface area contributed by atoms with Crippen molar-refractivity contribution in [2.45, 2.75) is 59.3 Å². The number of benzene rings is 3. The van der Waals surface area contributed by atoms with E-state index in [0.717, 1.165) is 25.7 Å². The lowest BCUT2D eigenvalue weighted by molar-refractivity contribution is -0.135. The maximum atomic E-state index is 12.6. The van der Waals surface area contributed by atoms with E-state index < -0.39 is 11.9 Å². The Morgan fingerprint density at radius 3 is 1.44 bits per heavy atom. The van der Waals surface area contributed by atoms with Gasteiger partial charge in [0.15, 0.2) is 0 Å². The maximum absolute atomic E-state index is 12.6. The van der Waals surface area contributed by atoms with Gasteiger partial charge in [-0.05, 0) is 92.1 Å². The van der Waals surface area contributed by atoms with Gasteiger partial charge in [0.05, 0.1) is 11.1 Å². The Morgan fingerprint density at radius 2 is 1.00 bits per heavy atom. The van der Waals surface area contributed by atoms with Gasteiger partial charge in [-0.25, -0.2) is 9.59 Å². The summed E-state index contributed by atoms with van der Waals surface area (Å²) < 4.78 is 21.4. The van der Waals surface area contributed by atoms with Crippen LogP contribution in [0.3, 0.4) is 0 Å². The van der Waals surface area contributed by atoms with Gasteiger partial charge in [-0.2, -0.15) is 0 Å². The fourth-order valence-electron chi connectivity index (χ4n) is 3.45. The molecule has 0 fully saturated rings. The fourth-order valence-corrected chi connectivity index (χ4v) is 3.45. The molecule has 3 aromatic rings. The zero-order valence-electron chi connectivity index (χ0n) is 22.4. The normalized spacial score (nSPS) is 10.4. The molecule has 0 unspecified atom stereocenters. The van der Waals surface area contributed by atoms with Crippen LogP contribution < -0.4 is 18.9 Å². The zero-order chi connectivity index (χ0) is 28.2. The van der Waals surface area contributed by atoms with Crippen LogP contribution >= 0.6 is 0 Å². The molecule has 0 atom stereocenters. The van der Waals surface area contributed by atoms with Gasteiger partial charge in [0.25, 0.3) is 0 Å². The zero-order valence-corrected chi connectivity index (χ0v) is 22.4. The van der Waals surface area contributed by atoms with Gasteiger partial charge in [-0.3, -0.25) is 9.59 Å². The Labute approximate surface area is 227 Å². The van der Waals surface area contributed by atoms with E-state index in [1.54, 1.807) is 31.2 Å². The Morgan fingerprint density at radius 1 is 0.564 bits per heavy atom. The third-order valence-corrected chi connectivity index (χ3v) is 5.67. The van der Waals surface area contributed by atoms with Crippen molar-refractivity contribution in [3.63, 3.8) is 0 Å². The average molecular weight is 533 g/mol. The van der Waals surface area contributed by atoms with E-state index in [1.165, 1.54) is 42.5 Å². The lowest BCUT2D eigenvalue weighted by Crippen LogP contribution is -2.11. The van der Waals surface area contributed by atoms with Gasteiger partial charge >= 0.3 is 23.9 Å². The summed E-state index contributed by atoms with van der Waals surface area (Å²) in [6.45, 7) is 5.71. The van der Waals surface area contributed by atoms with Crippen LogP contribution in [0.2, 0.25) is 0 Å². The molecule has 0 radical (unpaired) electrons. The summed E-state index contributed by atoms with van der Waals surface area (Å²) >= 11 is 0. The second-order valence-corrected chi connectivity index (χ2v) is 8.91. The van der Waals surface area contributed by atoms with Crippen LogP contribution in [0.25, 0.3) is 0 Å². The third kappa shape index (κ3) is 9.10. The van der Waals surface area contributed by atoms with Gasteiger partial charge in [-0.15, -0.1) is 0 Å². The molecule has 0 bridgehead atoms. The molecule has 0 aliphatic rings. The number of unbranched alkanes of at least 4 members (excludes halogenated alkanes) is 2. The number of esters is 4. The summed E-state index contributed by atoms with van der Waals surface area (Å²) in [5.41, 5.74) is 1.17. The predicted molar refractivity (Wildman–Crippen MR) is 144 cm³/mol. The molecular weight excluding hydrogens is 500 g/mol. The molecule has 8 heteroatoms. The highest BCUT2D eigenvalue weighted by Crippen LogP contribution is 2.26. The second kappa shape index (κ2) is 14.5. The molecular formula is C31H32O8. The largest absolute Gasteiger partial charge is 0.427 e. The number of carbonyl (C=O) groups excluding carboxylic acids is 4. The lowest BCUT2D eigenvalue weighted by Gasteiger charge is -2.11. The van der Waals surface area contributed by atoms with Gasteiger partial charge in [0.1, 0.15) is 23.0 Å². The Bertz CT molecular complexity index is 1290. The molecule has 0 heterocycles. The van der Waals surface area contributed by atoms with Crippen molar-refractivity contribution < 1.29 is 38.1 Å². The number of hydrogen-bond acceptors (Lipinski definition) is 8. The number of rotatable bonds is 12. The van der Waals surface area contributed by atoms with Crippen LogP contribution in [0.5, 0.6) is 23.0 Å². The van der Waals surface area contributed by atoms with Crippen molar-refractivity contribution in [2.75, 3.05) is 0 Å². The average Bonchev–Trinajstić information content (AvgIpc) is 2.93. The van der Waals surface area contributed by atoms with E-state index in [4.69, 9.17) is 18.9 Å². The first-order chi connectivity index (χ1) is 18.8. The molecule has 0 amide bonds. The van der Waals surface area contributed by atoms with Gasteiger partial charge < -0.3 is 18.9 Å². The SMILES string of the molecule is CCCCC(=O)Oc1ccc(C(=O)Oc2ccc(OC(=O)c3ccc(OC(=O)CCCC)cc3)c(C)c2)cc1. The highest BCUT2D eigenvalue weighted by molar-refractivity contribution is 5.92. The Kier molecular flexibility index (Phi) is 10.8. The maximum Gasteiger partial charge on any atom is 0.343 e. The predicted octanol–water partition coefficient (Wildman–Crippen LogP) is 6.62. The fraction of sp³-hybridized carbons (Fsp3) is 0.290. The van der Waals surface area contributed by atoms with E-state index in [2.05, 4.69) is 0 Å². The molecule has 0 aliphatic heterocycles. The molecule has 3 aromatic carbocycles. The quantitative estimate of drug-likeness (QED) is 0.189. The first kappa shape index (κ1) is 29.1. The molecule has 3 rings (SSSR count). The minimum atomic E-state index is -0.585. The van der Waals surface area contributed by atoms with Crippen LogP contribution in [0.15, 0.2) is 66.7 Å². The molecule has 0 saturated heterocycles. The molecule has 0 aliphatic carbocycles. The number of hydrogen-bond donors (Lipinski definition) is 0. The van der Waals surface area contributed by atoms with E-state index in [9.17, 15) is 19.2 Å². The molecule has 8 nitrogen and oxygen atoms in total. The summed E-state index contributed by atoms with van der Waals surface area (Å²) in [7, 11) is 0. The highest BCUT2D eigenvalue weighted by atomic mass is 16.5. The van der Waals surface area contributed by atoms with E-state index in [0.29, 0.717) is 35.7 Å². The van der Waals surface area contributed by atoms with Crippen LogP contribution in [0.1, 0.15) is 78.7 Å². The van der Waals surface area contributed by atoms with Crippen LogP contribution in [0.4, 0.5) is 0 Å². The minimum Gasteiger partial charge on any atom is -0.427 e. The van der Waals surface area contributed by atoms with Crippen molar-refractivity contribution in [3.8, 4) is 23.0 Å². The van der Waals surface area contributed by atoms with Gasteiger partial charge in [0, 0.05) is 12.8 Å². The summed E-state index contributed by atoms with van der Waals surface area (Å²) in [6.07, 6.45) is 3.99. The number of carbonyl (C=O) groups is 4. The molecule has 0 spiro atoms.